The van der Waals surface area contributed by atoms with Gasteiger partial charge in [0.2, 0.25) is 0 Å². The van der Waals surface area contributed by atoms with Crippen LogP contribution < -0.4 is 0 Å². The van der Waals surface area contributed by atoms with Gasteiger partial charge in [0.1, 0.15) is 0 Å². The van der Waals surface area contributed by atoms with Crippen LogP contribution in [0.15, 0.2) is 12.2 Å². The van der Waals surface area contributed by atoms with Crippen LogP contribution in [-0.4, -0.2) is 24.5 Å². The third-order valence-electron chi connectivity index (χ3n) is 2.17. The predicted octanol–water partition coefficient (Wildman–Crippen LogP) is 2.05. The van der Waals surface area contributed by atoms with Crippen LogP contribution in [0.4, 0.5) is 0 Å². The minimum absolute atomic E-state index is 0.736. The summed E-state index contributed by atoms with van der Waals surface area (Å²) in [7, 11) is 2.19. The van der Waals surface area contributed by atoms with Crippen LogP contribution in [0.25, 0.3) is 0 Å². The van der Waals surface area contributed by atoms with Crippen LogP contribution in [0.5, 0.6) is 0 Å². The molecule has 0 saturated carbocycles. The standard InChI is InChI=1S/C9H17N/c1-3-4-6-9-7-5-8-10(9)2/h5,7,9H,3-4,6,8H2,1-2H3. The summed E-state index contributed by atoms with van der Waals surface area (Å²) in [6.45, 7) is 3.40. The van der Waals surface area contributed by atoms with E-state index < -0.39 is 0 Å². The van der Waals surface area contributed by atoms with Crippen molar-refractivity contribution in [2.24, 2.45) is 0 Å². The molecule has 0 N–H and O–H groups in total. The molecule has 1 heteroatoms. The van der Waals surface area contributed by atoms with Crippen molar-refractivity contribution >= 4 is 0 Å². The van der Waals surface area contributed by atoms with Crippen molar-refractivity contribution in [1.82, 2.24) is 4.90 Å². The maximum atomic E-state index is 2.40. The van der Waals surface area contributed by atoms with Gasteiger partial charge in [-0.25, -0.2) is 0 Å². The Kier molecular flexibility index (Phi) is 2.94. The van der Waals surface area contributed by atoms with Crippen LogP contribution in [-0.2, 0) is 0 Å². The highest BCUT2D eigenvalue weighted by Crippen LogP contribution is 2.12. The molecule has 0 aliphatic carbocycles. The first kappa shape index (κ1) is 7.80. The Morgan fingerprint density at radius 1 is 1.60 bits per heavy atom. The molecule has 1 aliphatic rings. The van der Waals surface area contributed by atoms with Crippen LogP contribution in [0.2, 0.25) is 0 Å². The van der Waals surface area contributed by atoms with Crippen LogP contribution >= 0.6 is 0 Å². The van der Waals surface area contributed by atoms with E-state index >= 15 is 0 Å². The Morgan fingerprint density at radius 2 is 2.40 bits per heavy atom. The molecular weight excluding hydrogens is 122 g/mol. The first-order valence-corrected chi connectivity index (χ1v) is 4.21. The second-order valence-corrected chi connectivity index (χ2v) is 3.08. The first-order chi connectivity index (χ1) is 4.84. The van der Waals surface area contributed by atoms with Gasteiger partial charge in [-0.2, -0.15) is 0 Å². The summed E-state index contributed by atoms with van der Waals surface area (Å²) < 4.78 is 0. The minimum atomic E-state index is 0.736. The Balaban J connectivity index is 2.20. The largest absolute Gasteiger partial charge is 0.296 e. The average Bonchev–Trinajstić information content (AvgIpc) is 2.31. The molecule has 0 spiro atoms. The SMILES string of the molecule is CCCCC1C=CCN1C. The molecule has 1 rings (SSSR count). The summed E-state index contributed by atoms with van der Waals surface area (Å²) in [5.74, 6) is 0. The lowest BCUT2D eigenvalue weighted by molar-refractivity contribution is 0.314. The van der Waals surface area contributed by atoms with E-state index in [-0.39, 0.29) is 0 Å². The van der Waals surface area contributed by atoms with E-state index in [1.807, 2.05) is 0 Å². The summed E-state index contributed by atoms with van der Waals surface area (Å²) >= 11 is 0. The summed E-state index contributed by atoms with van der Waals surface area (Å²) in [4.78, 5) is 2.40. The highest BCUT2D eigenvalue weighted by molar-refractivity contribution is 5.02. The Bertz CT molecular complexity index is 118. The molecule has 0 aromatic heterocycles. The molecule has 10 heavy (non-hydrogen) atoms. The maximum Gasteiger partial charge on any atom is 0.0278 e. The monoisotopic (exact) mass is 139 g/mol. The highest BCUT2D eigenvalue weighted by Gasteiger charge is 2.13. The van der Waals surface area contributed by atoms with Gasteiger partial charge in [0.15, 0.2) is 0 Å². The molecule has 1 nitrogen and oxygen atoms in total. The van der Waals surface area contributed by atoms with Crippen LogP contribution in [0.3, 0.4) is 0 Å². The highest BCUT2D eigenvalue weighted by atomic mass is 15.1. The van der Waals surface area contributed by atoms with Crippen molar-refractivity contribution in [3.63, 3.8) is 0 Å². The normalized spacial score (nSPS) is 26.0. The lowest BCUT2D eigenvalue weighted by atomic mass is 10.1. The summed E-state index contributed by atoms with van der Waals surface area (Å²) in [5, 5.41) is 0. The van der Waals surface area contributed by atoms with Gasteiger partial charge in [0.05, 0.1) is 0 Å². The summed E-state index contributed by atoms with van der Waals surface area (Å²) in [6.07, 6.45) is 8.61. The first-order valence-electron chi connectivity index (χ1n) is 4.21. The van der Waals surface area contributed by atoms with E-state index in [9.17, 15) is 0 Å². The van der Waals surface area contributed by atoms with Crippen molar-refractivity contribution in [3.8, 4) is 0 Å². The van der Waals surface area contributed by atoms with Gasteiger partial charge in [0.25, 0.3) is 0 Å². The molecule has 1 unspecified atom stereocenters. The van der Waals surface area contributed by atoms with Crippen LogP contribution in [0.1, 0.15) is 26.2 Å². The van der Waals surface area contributed by atoms with E-state index in [2.05, 4.69) is 31.0 Å². The number of nitrogens with zero attached hydrogens (tertiary/aromatic N) is 1. The molecule has 0 amide bonds. The quantitative estimate of drug-likeness (QED) is 0.541. The van der Waals surface area contributed by atoms with Gasteiger partial charge in [0, 0.05) is 12.6 Å². The zero-order valence-electron chi connectivity index (χ0n) is 7.01. The molecule has 0 saturated heterocycles. The number of likely N-dealkylation sites (N-methyl/N-ethyl adjacent to an activating group) is 1. The molecule has 0 fully saturated rings. The predicted molar refractivity (Wildman–Crippen MR) is 45.1 cm³/mol. The van der Waals surface area contributed by atoms with E-state index in [0.717, 1.165) is 12.6 Å². The van der Waals surface area contributed by atoms with Gasteiger partial charge >= 0.3 is 0 Å². The number of rotatable bonds is 3. The topological polar surface area (TPSA) is 3.24 Å². The molecule has 58 valence electrons. The minimum Gasteiger partial charge on any atom is -0.296 e. The second-order valence-electron chi connectivity index (χ2n) is 3.08. The zero-order chi connectivity index (χ0) is 7.40. The fraction of sp³-hybridized carbons (Fsp3) is 0.778. The number of hydrogen-bond donors (Lipinski definition) is 0. The lowest BCUT2D eigenvalue weighted by Crippen LogP contribution is -2.25. The fourth-order valence-electron chi connectivity index (χ4n) is 1.40. The smallest absolute Gasteiger partial charge is 0.0278 e. The van der Waals surface area contributed by atoms with E-state index in [0.29, 0.717) is 0 Å². The van der Waals surface area contributed by atoms with Gasteiger partial charge in [-0.1, -0.05) is 31.9 Å². The molecule has 0 aromatic rings. The molecule has 0 aromatic carbocycles. The molecule has 1 aliphatic heterocycles. The molecule has 0 radical (unpaired) electrons. The molecule has 1 atom stereocenters. The molecule has 1 heterocycles. The van der Waals surface area contributed by atoms with Crippen molar-refractivity contribution in [2.75, 3.05) is 13.6 Å². The van der Waals surface area contributed by atoms with Gasteiger partial charge < -0.3 is 0 Å². The second kappa shape index (κ2) is 3.77. The van der Waals surface area contributed by atoms with Crippen LogP contribution in [0, 0.1) is 0 Å². The van der Waals surface area contributed by atoms with Gasteiger partial charge in [-0.3, -0.25) is 4.90 Å². The Labute approximate surface area is 63.7 Å². The lowest BCUT2D eigenvalue weighted by Gasteiger charge is -2.18. The van der Waals surface area contributed by atoms with Crippen molar-refractivity contribution in [1.29, 1.82) is 0 Å². The fourth-order valence-corrected chi connectivity index (χ4v) is 1.40. The number of unbranched alkanes of at least 4 members (excludes halogenated alkanes) is 1. The van der Waals surface area contributed by atoms with Gasteiger partial charge in [-0.15, -0.1) is 0 Å². The Morgan fingerprint density at radius 3 is 2.90 bits per heavy atom. The molecule has 0 bridgehead atoms. The average molecular weight is 139 g/mol. The van der Waals surface area contributed by atoms with Gasteiger partial charge in [-0.05, 0) is 13.5 Å². The molecular formula is C9H17N. The third kappa shape index (κ3) is 1.84. The van der Waals surface area contributed by atoms with E-state index in [1.54, 1.807) is 0 Å². The maximum absolute atomic E-state index is 2.40. The van der Waals surface area contributed by atoms with Crippen molar-refractivity contribution in [3.05, 3.63) is 12.2 Å². The van der Waals surface area contributed by atoms with Crippen molar-refractivity contribution in [2.45, 2.75) is 32.2 Å². The van der Waals surface area contributed by atoms with E-state index in [1.165, 1.54) is 19.3 Å². The summed E-state index contributed by atoms with van der Waals surface area (Å²) in [6, 6.07) is 0.736. The van der Waals surface area contributed by atoms with Crippen molar-refractivity contribution < 1.29 is 0 Å². The zero-order valence-corrected chi connectivity index (χ0v) is 7.01. The Hall–Kier alpha value is -0.300. The number of hydrogen-bond acceptors (Lipinski definition) is 1. The van der Waals surface area contributed by atoms with E-state index in [4.69, 9.17) is 0 Å². The summed E-state index contributed by atoms with van der Waals surface area (Å²) in [5.41, 5.74) is 0. The third-order valence-corrected chi connectivity index (χ3v) is 2.17.